The summed E-state index contributed by atoms with van der Waals surface area (Å²) in [6, 6.07) is 2.85. The number of carbonyl (C=O) groups is 1. The lowest BCUT2D eigenvalue weighted by molar-refractivity contribution is -0.113. The third-order valence-corrected chi connectivity index (χ3v) is 2.51. The molecule has 5 heteroatoms. The second kappa shape index (κ2) is 4.75. The number of rotatable bonds is 2. The summed E-state index contributed by atoms with van der Waals surface area (Å²) in [4.78, 5) is 11.0. The zero-order chi connectivity index (χ0) is 10.7. The Morgan fingerprint density at radius 2 is 2.29 bits per heavy atom. The van der Waals surface area contributed by atoms with Crippen molar-refractivity contribution in [3.63, 3.8) is 0 Å². The monoisotopic (exact) mass is 279 g/mol. The smallest absolute Gasteiger partial charge is 0.239 e. The lowest BCUT2D eigenvalue weighted by atomic mass is 10.2. The Morgan fingerprint density at radius 3 is 2.86 bits per heavy atom. The average molecular weight is 281 g/mol. The fourth-order valence-corrected chi connectivity index (χ4v) is 1.49. The molecule has 0 saturated heterocycles. The summed E-state index contributed by atoms with van der Waals surface area (Å²) < 4.78 is 13.5. The molecule has 1 aromatic carbocycles. The second-order valence-electron chi connectivity index (χ2n) is 2.76. The number of benzene rings is 1. The van der Waals surface area contributed by atoms with Crippen LogP contribution in [0.5, 0.6) is 0 Å². The van der Waals surface area contributed by atoms with E-state index < -0.39 is 5.82 Å². The number of aryl methyl sites for hydroxylation is 1. The summed E-state index contributed by atoms with van der Waals surface area (Å²) in [6.07, 6.45) is 0. The Morgan fingerprint density at radius 1 is 1.64 bits per heavy atom. The molecule has 1 N–H and O–H groups in total. The second-order valence-corrected chi connectivity index (χ2v) is 3.88. The molecule has 0 unspecified atom stereocenters. The Labute approximate surface area is 94.6 Å². The number of anilines is 1. The van der Waals surface area contributed by atoms with Crippen LogP contribution in [0.15, 0.2) is 16.6 Å². The summed E-state index contributed by atoms with van der Waals surface area (Å²) in [6.45, 7) is 1.77. The zero-order valence-corrected chi connectivity index (χ0v) is 9.75. The van der Waals surface area contributed by atoms with Crippen molar-refractivity contribution in [2.24, 2.45) is 0 Å². The third-order valence-electron chi connectivity index (χ3n) is 1.66. The maximum Gasteiger partial charge on any atom is 0.239 e. The number of hydrogen-bond donors (Lipinski definition) is 1. The summed E-state index contributed by atoms with van der Waals surface area (Å²) in [5.41, 5.74) is 1.22. The van der Waals surface area contributed by atoms with Crippen LogP contribution < -0.4 is 5.32 Å². The van der Waals surface area contributed by atoms with Gasteiger partial charge in [0.15, 0.2) is 0 Å². The van der Waals surface area contributed by atoms with Crippen LogP contribution in [-0.2, 0) is 4.79 Å². The highest BCUT2D eigenvalue weighted by Gasteiger charge is 2.07. The van der Waals surface area contributed by atoms with Crippen LogP contribution in [0.4, 0.5) is 10.1 Å². The van der Waals surface area contributed by atoms with E-state index in [2.05, 4.69) is 21.2 Å². The topological polar surface area (TPSA) is 29.1 Å². The first-order chi connectivity index (χ1) is 6.54. The van der Waals surface area contributed by atoms with Gasteiger partial charge in [0.25, 0.3) is 0 Å². The Bertz CT molecular complexity index is 370. The van der Waals surface area contributed by atoms with Crippen LogP contribution in [0, 0.1) is 12.7 Å². The molecule has 0 bridgehead atoms. The first-order valence-electron chi connectivity index (χ1n) is 3.86. The van der Waals surface area contributed by atoms with Crippen LogP contribution in [0.25, 0.3) is 0 Å². The van der Waals surface area contributed by atoms with Crippen molar-refractivity contribution < 1.29 is 9.18 Å². The van der Waals surface area contributed by atoms with E-state index in [1.165, 1.54) is 6.07 Å². The molecule has 76 valence electrons. The van der Waals surface area contributed by atoms with Gasteiger partial charge in [0.05, 0.1) is 4.47 Å². The third kappa shape index (κ3) is 2.69. The van der Waals surface area contributed by atoms with Crippen molar-refractivity contribution in [3.05, 3.63) is 28.0 Å². The molecule has 0 aliphatic heterocycles. The minimum absolute atomic E-state index is 0.142. The SMILES string of the molecule is Cc1cc(Br)c(F)cc1NC(=O)CCl. The van der Waals surface area contributed by atoms with E-state index >= 15 is 0 Å². The van der Waals surface area contributed by atoms with E-state index in [1.807, 2.05) is 0 Å². The summed E-state index contributed by atoms with van der Waals surface area (Å²) in [5, 5.41) is 2.50. The minimum Gasteiger partial charge on any atom is -0.325 e. The molecule has 0 aliphatic rings. The molecule has 0 heterocycles. The molecule has 14 heavy (non-hydrogen) atoms. The van der Waals surface area contributed by atoms with Crippen molar-refractivity contribution in [1.29, 1.82) is 0 Å². The van der Waals surface area contributed by atoms with Crippen molar-refractivity contribution in [2.75, 3.05) is 11.2 Å². The van der Waals surface area contributed by atoms with Gasteiger partial charge in [-0.2, -0.15) is 0 Å². The molecule has 2 nitrogen and oxygen atoms in total. The lowest BCUT2D eigenvalue weighted by Crippen LogP contribution is -2.13. The van der Waals surface area contributed by atoms with Crippen molar-refractivity contribution in [3.8, 4) is 0 Å². The standard InChI is InChI=1S/C9H8BrClFNO/c1-5-2-6(10)7(12)3-8(5)13-9(14)4-11/h2-3H,4H2,1H3,(H,13,14). The zero-order valence-electron chi connectivity index (χ0n) is 7.40. The van der Waals surface area contributed by atoms with E-state index in [0.717, 1.165) is 5.56 Å². The molecule has 0 radical (unpaired) electrons. The molecule has 0 aromatic heterocycles. The molecule has 0 saturated carbocycles. The fourth-order valence-electron chi connectivity index (χ4n) is 0.965. The minimum atomic E-state index is -0.416. The van der Waals surface area contributed by atoms with Gasteiger partial charge >= 0.3 is 0 Å². The molecule has 1 aromatic rings. The van der Waals surface area contributed by atoms with Gasteiger partial charge in [0, 0.05) is 5.69 Å². The number of carbonyl (C=O) groups excluding carboxylic acids is 1. The maximum atomic E-state index is 13.1. The van der Waals surface area contributed by atoms with Crippen molar-refractivity contribution >= 4 is 39.1 Å². The lowest BCUT2D eigenvalue weighted by Gasteiger charge is -2.07. The maximum absolute atomic E-state index is 13.1. The number of hydrogen-bond acceptors (Lipinski definition) is 1. The van der Waals surface area contributed by atoms with Gasteiger partial charge in [-0.3, -0.25) is 4.79 Å². The Kier molecular flexibility index (Phi) is 3.89. The van der Waals surface area contributed by atoms with Gasteiger partial charge in [-0.15, -0.1) is 11.6 Å². The van der Waals surface area contributed by atoms with Crippen LogP contribution in [0.2, 0.25) is 0 Å². The van der Waals surface area contributed by atoms with E-state index in [0.29, 0.717) is 10.2 Å². The predicted molar refractivity (Wildman–Crippen MR) is 58.2 cm³/mol. The number of alkyl halides is 1. The molecule has 1 rings (SSSR count). The Balaban J connectivity index is 2.98. The van der Waals surface area contributed by atoms with Crippen molar-refractivity contribution in [2.45, 2.75) is 6.92 Å². The highest BCUT2D eigenvalue weighted by atomic mass is 79.9. The highest BCUT2D eigenvalue weighted by Crippen LogP contribution is 2.23. The fraction of sp³-hybridized carbons (Fsp3) is 0.222. The van der Waals surface area contributed by atoms with E-state index in [4.69, 9.17) is 11.6 Å². The largest absolute Gasteiger partial charge is 0.325 e. The molecule has 0 atom stereocenters. The predicted octanol–water partition coefficient (Wildman–Crippen LogP) is 3.07. The summed E-state index contributed by atoms with van der Waals surface area (Å²) >= 11 is 8.36. The number of nitrogens with one attached hydrogen (secondary N) is 1. The van der Waals surface area contributed by atoms with Crippen LogP contribution in [0.3, 0.4) is 0 Å². The van der Waals surface area contributed by atoms with Crippen LogP contribution in [-0.4, -0.2) is 11.8 Å². The highest BCUT2D eigenvalue weighted by molar-refractivity contribution is 9.10. The first kappa shape index (κ1) is 11.5. The van der Waals surface area contributed by atoms with Gasteiger partial charge in [-0.1, -0.05) is 0 Å². The van der Waals surface area contributed by atoms with E-state index in [-0.39, 0.29) is 11.8 Å². The average Bonchev–Trinajstić information content (AvgIpc) is 2.14. The van der Waals surface area contributed by atoms with Gasteiger partial charge in [0.1, 0.15) is 11.7 Å². The first-order valence-corrected chi connectivity index (χ1v) is 5.19. The van der Waals surface area contributed by atoms with Crippen LogP contribution in [0.1, 0.15) is 5.56 Å². The normalized spacial score (nSPS) is 10.0. The molecule has 0 aliphatic carbocycles. The number of amides is 1. The van der Waals surface area contributed by atoms with E-state index in [1.54, 1.807) is 13.0 Å². The molecule has 1 amide bonds. The van der Waals surface area contributed by atoms with Gasteiger partial charge in [-0.25, -0.2) is 4.39 Å². The summed E-state index contributed by atoms with van der Waals surface area (Å²) in [5.74, 6) is -0.908. The van der Waals surface area contributed by atoms with Crippen LogP contribution >= 0.6 is 27.5 Å². The number of halogens is 3. The summed E-state index contributed by atoms with van der Waals surface area (Å²) in [7, 11) is 0. The molecular weight excluding hydrogens is 272 g/mol. The van der Waals surface area contributed by atoms with Crippen molar-refractivity contribution in [1.82, 2.24) is 0 Å². The van der Waals surface area contributed by atoms with Gasteiger partial charge < -0.3 is 5.32 Å². The van der Waals surface area contributed by atoms with E-state index in [9.17, 15) is 9.18 Å². The Hall–Kier alpha value is -0.610. The molecule has 0 spiro atoms. The quantitative estimate of drug-likeness (QED) is 0.829. The van der Waals surface area contributed by atoms with Gasteiger partial charge in [0.2, 0.25) is 5.91 Å². The molecular formula is C9H8BrClFNO. The van der Waals surface area contributed by atoms with Gasteiger partial charge in [-0.05, 0) is 40.5 Å². The molecule has 0 fully saturated rings.